The molecule has 0 spiro atoms. The molecule has 0 saturated heterocycles. The monoisotopic (exact) mass is 328 g/mol. The Labute approximate surface area is 140 Å². The van der Waals surface area contributed by atoms with Gasteiger partial charge in [-0.2, -0.15) is 0 Å². The smallest absolute Gasteiger partial charge is 0.244 e. The number of benzene rings is 1. The van der Waals surface area contributed by atoms with Crippen LogP contribution in [-0.4, -0.2) is 23.5 Å². The summed E-state index contributed by atoms with van der Waals surface area (Å²) in [7, 11) is 0. The second-order valence-corrected chi connectivity index (χ2v) is 5.09. The largest absolute Gasteiger partial charge is 0.465 e. The summed E-state index contributed by atoms with van der Waals surface area (Å²) < 4.78 is 5.07. The number of rotatable bonds is 8. The van der Waals surface area contributed by atoms with Gasteiger partial charge in [0, 0.05) is 25.6 Å². The first-order valence-electron chi connectivity index (χ1n) is 7.63. The summed E-state index contributed by atoms with van der Waals surface area (Å²) in [5.41, 5.74) is 1.66. The maximum absolute atomic E-state index is 11.8. The highest BCUT2D eigenvalue weighted by Crippen LogP contribution is 2.08. The van der Waals surface area contributed by atoms with E-state index in [4.69, 9.17) is 4.42 Å². The molecule has 0 atom stereocenters. The summed E-state index contributed by atoms with van der Waals surface area (Å²) in [5, 5.41) is 14.6. The Morgan fingerprint density at radius 1 is 1.08 bits per heavy atom. The Hall–Kier alpha value is -2.86. The fourth-order valence-corrected chi connectivity index (χ4v) is 2.07. The minimum atomic E-state index is -0.287. The van der Waals surface area contributed by atoms with E-state index >= 15 is 0 Å². The highest BCUT2D eigenvalue weighted by Gasteiger charge is 2.05. The fourth-order valence-electron chi connectivity index (χ4n) is 2.07. The number of nitrogens with one attached hydrogen (secondary N) is 2. The lowest BCUT2D eigenvalue weighted by Gasteiger charge is -2.09. The van der Waals surface area contributed by atoms with Crippen LogP contribution in [-0.2, 0) is 22.7 Å². The van der Waals surface area contributed by atoms with Gasteiger partial charge in [-0.25, -0.2) is 0 Å². The summed E-state index contributed by atoms with van der Waals surface area (Å²) in [6.45, 7) is 0.529. The van der Waals surface area contributed by atoms with Crippen LogP contribution in [0.4, 0.5) is 0 Å². The number of aliphatic hydroxyl groups excluding tert-OH is 1. The Kier molecular flexibility index (Phi) is 6.79. The van der Waals surface area contributed by atoms with E-state index in [9.17, 15) is 14.7 Å². The summed E-state index contributed by atoms with van der Waals surface area (Å²) in [5.74, 6) is 0.133. The van der Waals surface area contributed by atoms with E-state index in [1.807, 2.05) is 24.3 Å². The van der Waals surface area contributed by atoms with Gasteiger partial charge in [-0.1, -0.05) is 24.3 Å². The van der Waals surface area contributed by atoms with Crippen LogP contribution < -0.4 is 10.6 Å². The molecule has 0 fully saturated rings. The normalized spacial score (nSPS) is 10.7. The van der Waals surface area contributed by atoms with Crippen LogP contribution in [0.3, 0.4) is 0 Å². The topological polar surface area (TPSA) is 91.6 Å². The molecular formula is C18H20N2O4. The predicted octanol–water partition coefficient (Wildman–Crippen LogP) is 1.61. The van der Waals surface area contributed by atoms with Crippen LogP contribution in [0.15, 0.2) is 53.2 Å². The fraction of sp³-hybridized carbons (Fsp3) is 0.222. The van der Waals surface area contributed by atoms with Gasteiger partial charge < -0.3 is 20.2 Å². The van der Waals surface area contributed by atoms with Crippen LogP contribution in [0.5, 0.6) is 0 Å². The van der Waals surface area contributed by atoms with Crippen LogP contribution >= 0.6 is 0 Å². The van der Waals surface area contributed by atoms with Gasteiger partial charge in [-0.05, 0) is 29.3 Å². The van der Waals surface area contributed by atoms with E-state index < -0.39 is 0 Å². The highest BCUT2D eigenvalue weighted by atomic mass is 16.3. The van der Waals surface area contributed by atoms with Gasteiger partial charge in [0.1, 0.15) is 5.76 Å². The molecule has 2 amide bonds. The van der Waals surface area contributed by atoms with Gasteiger partial charge in [0.05, 0.1) is 12.9 Å². The molecule has 6 nitrogen and oxygen atoms in total. The van der Waals surface area contributed by atoms with Crippen molar-refractivity contribution in [2.45, 2.75) is 19.6 Å². The molecule has 0 aliphatic carbocycles. The van der Waals surface area contributed by atoms with Crippen LogP contribution in [0, 0.1) is 0 Å². The molecule has 0 saturated carbocycles. The number of carbonyl (C=O) groups is 2. The molecule has 3 N–H and O–H groups in total. The number of carbonyl (C=O) groups excluding carboxylic acids is 2. The molecule has 126 valence electrons. The maximum Gasteiger partial charge on any atom is 0.244 e. The molecule has 2 aromatic rings. The van der Waals surface area contributed by atoms with Crippen molar-refractivity contribution in [3.63, 3.8) is 0 Å². The van der Waals surface area contributed by atoms with Gasteiger partial charge in [0.25, 0.3) is 0 Å². The average molecular weight is 328 g/mol. The lowest BCUT2D eigenvalue weighted by Crippen LogP contribution is -2.29. The number of furan rings is 1. The predicted molar refractivity (Wildman–Crippen MR) is 89.6 cm³/mol. The molecule has 1 heterocycles. The molecule has 0 unspecified atom stereocenters. The first-order valence-corrected chi connectivity index (χ1v) is 7.63. The minimum Gasteiger partial charge on any atom is -0.465 e. The van der Waals surface area contributed by atoms with Gasteiger partial charge in [-0.15, -0.1) is 0 Å². The molecule has 2 rings (SSSR count). The molecule has 24 heavy (non-hydrogen) atoms. The van der Waals surface area contributed by atoms with Gasteiger partial charge in [0.2, 0.25) is 11.8 Å². The summed E-state index contributed by atoms with van der Waals surface area (Å²) in [4.78, 5) is 23.4. The lowest BCUT2D eigenvalue weighted by molar-refractivity contribution is -0.121. The van der Waals surface area contributed by atoms with Gasteiger partial charge >= 0.3 is 0 Å². The molecule has 0 radical (unpaired) electrons. The van der Waals surface area contributed by atoms with Crippen molar-refractivity contribution in [3.05, 3.63) is 65.6 Å². The number of hydrogen-bond donors (Lipinski definition) is 3. The lowest BCUT2D eigenvalue weighted by atomic mass is 10.1. The van der Waals surface area contributed by atoms with E-state index in [1.54, 1.807) is 18.2 Å². The highest BCUT2D eigenvalue weighted by molar-refractivity contribution is 5.91. The van der Waals surface area contributed by atoms with Crippen molar-refractivity contribution in [1.82, 2.24) is 10.6 Å². The van der Waals surface area contributed by atoms with E-state index in [2.05, 4.69) is 10.6 Å². The van der Waals surface area contributed by atoms with Crippen molar-refractivity contribution >= 4 is 17.9 Å². The van der Waals surface area contributed by atoms with Crippen molar-refractivity contribution in [1.29, 1.82) is 0 Å². The Morgan fingerprint density at radius 3 is 2.58 bits per heavy atom. The van der Waals surface area contributed by atoms with Crippen LogP contribution in [0.25, 0.3) is 6.08 Å². The minimum absolute atomic E-state index is 0.0654. The van der Waals surface area contributed by atoms with E-state index in [1.165, 1.54) is 12.3 Å². The third kappa shape index (κ3) is 5.73. The SMILES string of the molecule is O=C(C=Cc1ccco1)NCCC(=O)NCc1ccccc1CO. The van der Waals surface area contributed by atoms with Crippen molar-refractivity contribution in [3.8, 4) is 0 Å². The first-order chi connectivity index (χ1) is 11.7. The molecule has 0 aliphatic heterocycles. The molecule has 6 heteroatoms. The van der Waals surface area contributed by atoms with Crippen molar-refractivity contribution < 1.29 is 19.1 Å². The molecule has 1 aromatic heterocycles. The average Bonchev–Trinajstić information content (AvgIpc) is 3.12. The van der Waals surface area contributed by atoms with Crippen LogP contribution in [0.1, 0.15) is 23.3 Å². The molecule has 0 bridgehead atoms. The second-order valence-electron chi connectivity index (χ2n) is 5.09. The Balaban J connectivity index is 1.67. The van der Waals surface area contributed by atoms with Gasteiger partial charge in [0.15, 0.2) is 0 Å². The van der Waals surface area contributed by atoms with Crippen LogP contribution in [0.2, 0.25) is 0 Å². The second kappa shape index (κ2) is 9.32. The van der Waals surface area contributed by atoms with Crippen molar-refractivity contribution in [2.24, 2.45) is 0 Å². The van der Waals surface area contributed by atoms with E-state index in [-0.39, 0.29) is 31.4 Å². The van der Waals surface area contributed by atoms with Crippen molar-refractivity contribution in [2.75, 3.05) is 6.54 Å². The Morgan fingerprint density at radius 2 is 1.88 bits per heavy atom. The first kappa shape index (κ1) is 17.5. The standard InChI is InChI=1S/C18H20N2O4/c21-13-15-5-2-1-4-14(15)12-20-18(23)9-10-19-17(22)8-7-16-6-3-11-24-16/h1-8,11,21H,9-10,12-13H2,(H,19,22)(H,20,23). The van der Waals surface area contributed by atoms with E-state index in [0.717, 1.165) is 11.1 Å². The van der Waals surface area contributed by atoms with E-state index in [0.29, 0.717) is 12.3 Å². The molecular weight excluding hydrogens is 308 g/mol. The number of aliphatic hydroxyl groups is 1. The molecule has 0 aliphatic rings. The number of hydrogen-bond acceptors (Lipinski definition) is 4. The summed E-state index contributed by atoms with van der Waals surface area (Å²) >= 11 is 0. The zero-order chi connectivity index (χ0) is 17.2. The summed E-state index contributed by atoms with van der Waals surface area (Å²) in [6.07, 6.45) is 4.62. The maximum atomic E-state index is 11.8. The number of amides is 2. The third-order valence-electron chi connectivity index (χ3n) is 3.36. The summed E-state index contributed by atoms with van der Waals surface area (Å²) in [6, 6.07) is 10.8. The zero-order valence-corrected chi connectivity index (χ0v) is 13.2. The third-order valence-corrected chi connectivity index (χ3v) is 3.36. The zero-order valence-electron chi connectivity index (χ0n) is 13.2. The quantitative estimate of drug-likeness (QED) is 0.642. The molecule has 1 aromatic carbocycles. The van der Waals surface area contributed by atoms with Gasteiger partial charge in [-0.3, -0.25) is 9.59 Å². The Bertz CT molecular complexity index is 693.